The number of urea groups is 1. The highest BCUT2D eigenvalue weighted by Crippen LogP contribution is 2.19. The van der Waals surface area contributed by atoms with Crippen molar-refractivity contribution in [1.82, 2.24) is 15.1 Å². The molecular weight excluding hydrogens is 258 g/mol. The molecule has 0 radical (unpaired) electrons. The first-order valence-electron chi connectivity index (χ1n) is 7.54. The summed E-state index contributed by atoms with van der Waals surface area (Å²) in [6, 6.07) is 0.0790. The maximum Gasteiger partial charge on any atom is 0.317 e. The number of nitrogens with one attached hydrogen (secondary N) is 1. The molecule has 2 N–H and O–H groups in total. The van der Waals surface area contributed by atoms with Crippen LogP contribution in [0.5, 0.6) is 0 Å². The summed E-state index contributed by atoms with van der Waals surface area (Å²) in [5, 5.41) is 11.7. The average molecular weight is 283 g/mol. The van der Waals surface area contributed by atoms with Crippen LogP contribution < -0.4 is 5.32 Å². The molecule has 20 heavy (non-hydrogen) atoms. The van der Waals surface area contributed by atoms with Crippen molar-refractivity contribution in [3.8, 4) is 0 Å². The van der Waals surface area contributed by atoms with E-state index in [0.717, 1.165) is 19.6 Å². The fraction of sp³-hybridized carbons (Fsp3) is 0.857. The van der Waals surface area contributed by atoms with Gasteiger partial charge in [0.25, 0.3) is 0 Å². The Balaban J connectivity index is 1.63. The second-order valence-electron chi connectivity index (χ2n) is 6.08. The molecule has 2 rings (SSSR count). The number of amides is 2. The quantitative estimate of drug-likeness (QED) is 0.789. The molecule has 0 aromatic rings. The summed E-state index contributed by atoms with van der Waals surface area (Å²) < 4.78 is 0. The van der Waals surface area contributed by atoms with Crippen LogP contribution in [0.15, 0.2) is 0 Å². The number of piperidine rings is 1. The van der Waals surface area contributed by atoms with E-state index in [0.29, 0.717) is 13.1 Å². The Kier molecular flexibility index (Phi) is 5.23. The van der Waals surface area contributed by atoms with Gasteiger partial charge in [0.15, 0.2) is 0 Å². The molecule has 2 fully saturated rings. The Morgan fingerprint density at radius 2 is 1.90 bits per heavy atom. The number of carboxylic acids is 1. The van der Waals surface area contributed by atoms with Gasteiger partial charge < -0.3 is 20.2 Å². The van der Waals surface area contributed by atoms with Crippen molar-refractivity contribution in [3.63, 3.8) is 0 Å². The van der Waals surface area contributed by atoms with Crippen LogP contribution in [0.1, 0.15) is 32.6 Å². The zero-order valence-electron chi connectivity index (χ0n) is 12.2. The van der Waals surface area contributed by atoms with Gasteiger partial charge in [0, 0.05) is 31.6 Å². The smallest absolute Gasteiger partial charge is 0.317 e. The molecule has 6 heteroatoms. The first kappa shape index (κ1) is 15.1. The van der Waals surface area contributed by atoms with E-state index in [-0.39, 0.29) is 24.4 Å². The molecule has 2 aliphatic heterocycles. The fourth-order valence-electron chi connectivity index (χ4n) is 2.99. The van der Waals surface area contributed by atoms with Gasteiger partial charge in [-0.05, 0) is 32.9 Å². The largest absolute Gasteiger partial charge is 0.481 e. The molecule has 0 aromatic carbocycles. The third-order valence-electron chi connectivity index (χ3n) is 4.06. The number of carboxylic acid groups (broad SMARTS) is 1. The van der Waals surface area contributed by atoms with E-state index >= 15 is 0 Å². The Hall–Kier alpha value is -1.30. The lowest BCUT2D eigenvalue weighted by Crippen LogP contribution is -2.56. The summed E-state index contributed by atoms with van der Waals surface area (Å²) in [6.07, 6.45) is 3.98. The van der Waals surface area contributed by atoms with Crippen molar-refractivity contribution in [2.45, 2.75) is 38.6 Å². The molecule has 6 nitrogen and oxygen atoms in total. The second kappa shape index (κ2) is 6.92. The van der Waals surface area contributed by atoms with Crippen LogP contribution in [-0.4, -0.2) is 65.7 Å². The maximum absolute atomic E-state index is 12.0. The van der Waals surface area contributed by atoms with Crippen molar-refractivity contribution in [3.05, 3.63) is 0 Å². The van der Waals surface area contributed by atoms with E-state index in [1.165, 1.54) is 19.3 Å². The minimum absolute atomic E-state index is 0.0591. The number of hydrogen-bond donors (Lipinski definition) is 2. The predicted molar refractivity (Wildman–Crippen MR) is 75.6 cm³/mol. The number of rotatable bonds is 5. The lowest BCUT2D eigenvalue weighted by atomic mass is 9.97. The number of nitrogens with zero attached hydrogens (tertiary/aromatic N) is 2. The van der Waals surface area contributed by atoms with Gasteiger partial charge in [-0.3, -0.25) is 4.79 Å². The van der Waals surface area contributed by atoms with Crippen LogP contribution in [0.25, 0.3) is 0 Å². The molecule has 0 aliphatic carbocycles. The van der Waals surface area contributed by atoms with Gasteiger partial charge in [0.2, 0.25) is 0 Å². The van der Waals surface area contributed by atoms with E-state index in [1.807, 2.05) is 6.92 Å². The Morgan fingerprint density at radius 1 is 1.25 bits per heavy atom. The summed E-state index contributed by atoms with van der Waals surface area (Å²) in [6.45, 7) is 6.32. The summed E-state index contributed by atoms with van der Waals surface area (Å²) in [7, 11) is 0. The molecule has 0 aromatic heterocycles. The molecule has 2 saturated heterocycles. The SMILES string of the molecule is CC(CN1CCCCC1)NC(=O)N1CC(CC(=O)O)C1. The van der Waals surface area contributed by atoms with Crippen LogP contribution in [-0.2, 0) is 4.79 Å². The average Bonchev–Trinajstić information content (AvgIpc) is 2.33. The first-order chi connectivity index (χ1) is 9.54. The van der Waals surface area contributed by atoms with Crippen molar-refractivity contribution in [2.75, 3.05) is 32.7 Å². The highest BCUT2D eigenvalue weighted by Gasteiger charge is 2.32. The fourth-order valence-corrected chi connectivity index (χ4v) is 2.99. The summed E-state index contributed by atoms with van der Waals surface area (Å²) in [4.78, 5) is 26.6. The topological polar surface area (TPSA) is 72.9 Å². The number of carbonyl (C=O) groups is 2. The van der Waals surface area contributed by atoms with Gasteiger partial charge in [-0.25, -0.2) is 4.79 Å². The van der Waals surface area contributed by atoms with Gasteiger partial charge in [-0.15, -0.1) is 0 Å². The van der Waals surface area contributed by atoms with Gasteiger partial charge in [0.05, 0.1) is 6.42 Å². The van der Waals surface area contributed by atoms with E-state index < -0.39 is 5.97 Å². The normalized spacial score (nSPS) is 22.1. The lowest BCUT2D eigenvalue weighted by Gasteiger charge is -2.39. The van der Waals surface area contributed by atoms with E-state index in [9.17, 15) is 9.59 Å². The molecule has 1 unspecified atom stereocenters. The number of hydrogen-bond acceptors (Lipinski definition) is 3. The number of aliphatic carboxylic acids is 1. The monoisotopic (exact) mass is 283 g/mol. The summed E-state index contributed by atoms with van der Waals surface area (Å²) in [5.74, 6) is -0.663. The highest BCUT2D eigenvalue weighted by atomic mass is 16.4. The standard InChI is InChI=1S/C14H25N3O3/c1-11(8-16-5-3-2-4-6-16)15-14(20)17-9-12(10-17)7-13(18)19/h11-12H,2-10H2,1H3,(H,15,20)(H,18,19). The van der Waals surface area contributed by atoms with Crippen LogP contribution in [0.4, 0.5) is 4.79 Å². The van der Waals surface area contributed by atoms with Crippen molar-refractivity contribution >= 4 is 12.0 Å². The van der Waals surface area contributed by atoms with Gasteiger partial charge >= 0.3 is 12.0 Å². The molecule has 1 atom stereocenters. The number of carbonyl (C=O) groups excluding carboxylic acids is 1. The molecule has 0 saturated carbocycles. The highest BCUT2D eigenvalue weighted by molar-refractivity contribution is 5.76. The van der Waals surface area contributed by atoms with E-state index in [2.05, 4.69) is 10.2 Å². The third-order valence-corrected chi connectivity index (χ3v) is 4.06. The Bertz CT molecular complexity index is 350. The molecule has 0 spiro atoms. The first-order valence-corrected chi connectivity index (χ1v) is 7.54. The third kappa shape index (κ3) is 4.37. The van der Waals surface area contributed by atoms with Crippen LogP contribution in [0, 0.1) is 5.92 Å². The molecule has 2 heterocycles. The Morgan fingerprint density at radius 3 is 2.50 bits per heavy atom. The summed E-state index contributed by atoms with van der Waals surface area (Å²) in [5.41, 5.74) is 0. The van der Waals surface area contributed by atoms with Crippen molar-refractivity contribution in [1.29, 1.82) is 0 Å². The van der Waals surface area contributed by atoms with Gasteiger partial charge in [-0.1, -0.05) is 6.42 Å². The number of likely N-dealkylation sites (tertiary alicyclic amines) is 2. The minimum Gasteiger partial charge on any atom is -0.481 e. The predicted octanol–water partition coefficient (Wildman–Crippen LogP) is 0.977. The van der Waals surface area contributed by atoms with Crippen molar-refractivity contribution in [2.24, 2.45) is 5.92 Å². The molecule has 114 valence electrons. The van der Waals surface area contributed by atoms with Crippen LogP contribution >= 0.6 is 0 Å². The molecule has 2 aliphatic rings. The minimum atomic E-state index is -0.784. The zero-order valence-corrected chi connectivity index (χ0v) is 12.2. The summed E-state index contributed by atoms with van der Waals surface area (Å²) >= 11 is 0. The molecular formula is C14H25N3O3. The van der Waals surface area contributed by atoms with Gasteiger partial charge in [-0.2, -0.15) is 0 Å². The van der Waals surface area contributed by atoms with E-state index in [1.54, 1.807) is 4.90 Å². The molecule has 2 amide bonds. The maximum atomic E-state index is 12.0. The lowest BCUT2D eigenvalue weighted by molar-refractivity contribution is -0.139. The van der Waals surface area contributed by atoms with E-state index in [4.69, 9.17) is 5.11 Å². The van der Waals surface area contributed by atoms with Crippen molar-refractivity contribution < 1.29 is 14.7 Å². The Labute approximate surface area is 120 Å². The molecule has 0 bridgehead atoms. The zero-order chi connectivity index (χ0) is 14.5. The van der Waals surface area contributed by atoms with Crippen LogP contribution in [0.3, 0.4) is 0 Å². The van der Waals surface area contributed by atoms with Crippen LogP contribution in [0.2, 0.25) is 0 Å². The second-order valence-corrected chi connectivity index (χ2v) is 6.08. The van der Waals surface area contributed by atoms with Gasteiger partial charge in [0.1, 0.15) is 0 Å².